The minimum absolute atomic E-state index is 0.0244. The summed E-state index contributed by atoms with van der Waals surface area (Å²) in [6.45, 7) is 9.42. The number of carbonyl (C=O) groups excluding carboxylic acids is 2. The van der Waals surface area contributed by atoms with Crippen LogP contribution in [0.4, 0.5) is 19.0 Å². The number of benzene rings is 1. The van der Waals surface area contributed by atoms with Crippen molar-refractivity contribution in [1.82, 2.24) is 19.8 Å². The van der Waals surface area contributed by atoms with Gasteiger partial charge in [0.15, 0.2) is 5.83 Å². The van der Waals surface area contributed by atoms with Crippen LogP contribution in [0, 0.1) is 31.0 Å². The Morgan fingerprint density at radius 3 is 2.61 bits per heavy atom. The number of amides is 1. The topological polar surface area (TPSA) is 103 Å². The molecule has 1 aromatic heterocycles. The number of likely N-dealkylation sites (tertiary alicyclic amines) is 1. The lowest BCUT2D eigenvalue weighted by Gasteiger charge is -2.41. The zero-order chi connectivity index (χ0) is 33.3. The summed E-state index contributed by atoms with van der Waals surface area (Å²) in [6, 6.07) is 4.76. The van der Waals surface area contributed by atoms with E-state index in [0.717, 1.165) is 5.56 Å². The predicted octanol–water partition coefficient (Wildman–Crippen LogP) is 4.47. The summed E-state index contributed by atoms with van der Waals surface area (Å²) >= 11 is 0. The van der Waals surface area contributed by atoms with Gasteiger partial charge in [-0.05, 0) is 76.3 Å². The highest BCUT2D eigenvalue weighted by atomic mass is 19.1. The lowest BCUT2D eigenvalue weighted by Crippen LogP contribution is -2.55. The van der Waals surface area contributed by atoms with E-state index in [2.05, 4.69) is 12.6 Å². The van der Waals surface area contributed by atoms with Crippen molar-refractivity contribution >= 4 is 17.5 Å². The van der Waals surface area contributed by atoms with Gasteiger partial charge in [0.1, 0.15) is 30.2 Å². The summed E-state index contributed by atoms with van der Waals surface area (Å²) in [5.41, 5.74) is 2.18. The zero-order valence-corrected chi connectivity index (χ0v) is 26.9. The van der Waals surface area contributed by atoms with E-state index in [9.17, 15) is 23.6 Å². The number of ketones is 1. The van der Waals surface area contributed by atoms with Gasteiger partial charge in [0, 0.05) is 44.2 Å². The number of piperazine rings is 1. The molecule has 0 saturated carbocycles. The lowest BCUT2D eigenvalue weighted by atomic mass is 9.64. The van der Waals surface area contributed by atoms with E-state index >= 15 is 4.39 Å². The number of nitrogens with zero attached hydrogens (tertiary/aromatic N) is 6. The van der Waals surface area contributed by atoms with Gasteiger partial charge < -0.3 is 14.5 Å². The van der Waals surface area contributed by atoms with Crippen LogP contribution >= 0.6 is 0 Å². The predicted molar refractivity (Wildman–Crippen MR) is 167 cm³/mol. The van der Waals surface area contributed by atoms with Gasteiger partial charge in [-0.1, -0.05) is 12.6 Å². The number of Topliss-reactive ketones (excluding diaryl/α,β-unsaturated/α-hetero) is 1. The summed E-state index contributed by atoms with van der Waals surface area (Å²) in [5, 5.41) is 9.49. The van der Waals surface area contributed by atoms with Crippen molar-refractivity contribution in [3.05, 3.63) is 58.3 Å². The third-order valence-electron chi connectivity index (χ3n) is 9.87. The van der Waals surface area contributed by atoms with Crippen LogP contribution in [0.25, 0.3) is 0 Å². The van der Waals surface area contributed by atoms with Crippen molar-refractivity contribution in [3.63, 3.8) is 0 Å². The molecule has 1 amide bonds. The summed E-state index contributed by atoms with van der Waals surface area (Å²) in [5.74, 6) is -1.84. The monoisotopic (exact) mass is 638 g/mol. The molecule has 246 valence electrons. The molecule has 1 unspecified atom stereocenters. The van der Waals surface area contributed by atoms with Gasteiger partial charge in [0.25, 0.3) is 5.91 Å². The number of fused-ring (bicyclic) bond motifs is 1. The molecule has 0 N–H and O–H groups in total. The molecule has 0 bridgehead atoms. The maximum Gasteiger partial charge on any atom is 0.318 e. The Kier molecular flexibility index (Phi) is 9.73. The van der Waals surface area contributed by atoms with Crippen LogP contribution in [-0.4, -0.2) is 89.5 Å². The van der Waals surface area contributed by atoms with Crippen LogP contribution in [0.1, 0.15) is 60.6 Å². The Hall–Kier alpha value is -3.98. The molecule has 2 saturated heterocycles. The number of hydrogen-bond acceptors (Lipinski definition) is 8. The van der Waals surface area contributed by atoms with Crippen LogP contribution in [0.3, 0.4) is 0 Å². The van der Waals surface area contributed by atoms with Crippen LogP contribution in [0.2, 0.25) is 0 Å². The van der Waals surface area contributed by atoms with Crippen LogP contribution < -0.4 is 9.64 Å². The van der Waals surface area contributed by atoms with Crippen molar-refractivity contribution in [2.75, 3.05) is 44.7 Å². The molecule has 5 rings (SSSR count). The summed E-state index contributed by atoms with van der Waals surface area (Å²) < 4.78 is 49.2. The molecule has 1 aromatic carbocycles. The van der Waals surface area contributed by atoms with E-state index in [1.165, 1.54) is 17.9 Å². The second-order valence-corrected chi connectivity index (χ2v) is 12.9. The van der Waals surface area contributed by atoms with E-state index < -0.39 is 29.4 Å². The van der Waals surface area contributed by atoms with Crippen LogP contribution in [0.15, 0.2) is 24.5 Å². The number of halogens is 3. The molecule has 9 nitrogen and oxygen atoms in total. The molecular weight excluding hydrogens is 597 g/mol. The summed E-state index contributed by atoms with van der Waals surface area (Å²) in [7, 11) is 1.83. The molecule has 12 heteroatoms. The second-order valence-electron chi connectivity index (χ2n) is 12.9. The molecule has 2 aromatic rings. The quantitative estimate of drug-likeness (QED) is 0.371. The maximum atomic E-state index is 15.2. The van der Waals surface area contributed by atoms with Crippen LogP contribution in [0.5, 0.6) is 6.01 Å². The fraction of sp³-hybridized carbons (Fsp3) is 0.559. The smallest absolute Gasteiger partial charge is 0.318 e. The first-order valence-corrected chi connectivity index (χ1v) is 15.8. The van der Waals surface area contributed by atoms with E-state index in [-0.39, 0.29) is 62.7 Å². The molecule has 46 heavy (non-hydrogen) atoms. The molecule has 3 aliphatic rings. The van der Waals surface area contributed by atoms with Crippen molar-refractivity contribution in [2.24, 2.45) is 0 Å². The second kappa shape index (κ2) is 13.4. The Morgan fingerprint density at radius 1 is 1.20 bits per heavy atom. The highest BCUT2D eigenvalue weighted by molar-refractivity contribution is 5.91. The van der Waals surface area contributed by atoms with E-state index in [1.807, 2.05) is 36.8 Å². The van der Waals surface area contributed by atoms with E-state index in [0.29, 0.717) is 60.4 Å². The number of aryl methyl sites for hydroxylation is 1. The molecule has 0 radical (unpaired) electrons. The minimum atomic E-state index is -1.09. The van der Waals surface area contributed by atoms with Gasteiger partial charge in [0.05, 0.1) is 29.6 Å². The average molecular weight is 639 g/mol. The maximum absolute atomic E-state index is 15.2. The third-order valence-corrected chi connectivity index (χ3v) is 9.87. The molecule has 2 fully saturated rings. The first-order chi connectivity index (χ1) is 21.8. The molecule has 4 atom stereocenters. The zero-order valence-electron chi connectivity index (χ0n) is 26.9. The number of rotatable bonds is 9. The van der Waals surface area contributed by atoms with Gasteiger partial charge >= 0.3 is 6.01 Å². The Labute approximate surface area is 268 Å². The number of likely N-dealkylation sites (N-methyl/N-ethyl adjacent to an activating group) is 1. The number of nitriles is 1. The number of anilines is 1. The SMILES string of the molecule is C=C(F)C(=O)N1CCN(c2nc(OC[C@@H]3C[C@@H](F)CN3C)nc(CC3(C(C)=O)CCCc4c(F)cc(C)cc43)c2C)C[C@@H]1CC#N. The standard InChI is InChI=1S/C34H41F3N6O3/c1-20-13-28-27(29(37)14-20)7-6-9-34(28,23(4)44)16-30-21(2)31(40-33(39-30)46-19-26-15-24(36)17-41(26)5)42-11-12-43(32(45)22(3)35)25(18-42)8-10-38/h13-14,24-26H,3,6-9,11-12,15-19H2,1-2,4-5H3/t24-,25+,26+,34?/m1/s1. The van der Waals surface area contributed by atoms with Crippen molar-refractivity contribution < 1.29 is 27.5 Å². The fourth-order valence-electron chi connectivity index (χ4n) is 7.31. The number of alkyl halides is 1. The minimum Gasteiger partial charge on any atom is -0.462 e. The first-order valence-electron chi connectivity index (χ1n) is 15.8. The fourth-order valence-corrected chi connectivity index (χ4v) is 7.31. The van der Waals surface area contributed by atoms with Gasteiger partial charge in [-0.25, -0.2) is 13.2 Å². The van der Waals surface area contributed by atoms with E-state index in [1.54, 1.807) is 0 Å². The number of carbonyl (C=O) groups is 2. The summed E-state index contributed by atoms with van der Waals surface area (Å²) in [6.07, 6.45) is 1.23. The summed E-state index contributed by atoms with van der Waals surface area (Å²) in [4.78, 5) is 40.8. The molecular formula is C34H41F3N6O3. The molecule has 1 aliphatic carbocycles. The van der Waals surface area contributed by atoms with Crippen molar-refractivity contribution in [3.8, 4) is 12.1 Å². The Morgan fingerprint density at radius 2 is 1.96 bits per heavy atom. The number of ether oxygens (including phenoxy) is 1. The van der Waals surface area contributed by atoms with Gasteiger partial charge in [-0.2, -0.15) is 15.2 Å². The van der Waals surface area contributed by atoms with Crippen molar-refractivity contribution in [2.45, 2.75) is 83.0 Å². The third kappa shape index (κ3) is 6.47. The highest BCUT2D eigenvalue weighted by Crippen LogP contribution is 2.43. The van der Waals surface area contributed by atoms with Gasteiger partial charge in [0.2, 0.25) is 0 Å². The molecule has 2 aliphatic heterocycles. The van der Waals surface area contributed by atoms with Gasteiger partial charge in [-0.3, -0.25) is 14.5 Å². The van der Waals surface area contributed by atoms with Gasteiger partial charge in [-0.15, -0.1) is 0 Å². The Balaban J connectivity index is 1.56. The molecule has 3 heterocycles. The highest BCUT2D eigenvalue weighted by Gasteiger charge is 2.43. The molecule has 0 spiro atoms. The average Bonchev–Trinajstić information content (AvgIpc) is 3.33. The lowest BCUT2D eigenvalue weighted by molar-refractivity contribution is -0.131. The number of hydrogen-bond donors (Lipinski definition) is 0. The van der Waals surface area contributed by atoms with Crippen LogP contribution in [-0.2, 0) is 27.8 Å². The first kappa shape index (κ1) is 33.4. The normalized spacial score (nSPS) is 24.8. The van der Waals surface area contributed by atoms with Crippen molar-refractivity contribution in [1.29, 1.82) is 5.26 Å². The van der Waals surface area contributed by atoms with E-state index in [4.69, 9.17) is 14.7 Å². The largest absolute Gasteiger partial charge is 0.462 e. The Bertz CT molecular complexity index is 1580. The number of aromatic nitrogens is 2.